The summed E-state index contributed by atoms with van der Waals surface area (Å²) in [5.41, 5.74) is 1.85. The largest absolute Gasteiger partial charge is 0.455 e. The summed E-state index contributed by atoms with van der Waals surface area (Å²) in [5, 5.41) is 0. The van der Waals surface area contributed by atoms with Gasteiger partial charge in [0, 0.05) is 17.5 Å². The van der Waals surface area contributed by atoms with Crippen molar-refractivity contribution in [3.63, 3.8) is 0 Å². The molecule has 22 heavy (non-hydrogen) atoms. The number of aryl methyl sites for hydroxylation is 1. The van der Waals surface area contributed by atoms with E-state index in [-0.39, 0.29) is 5.91 Å². The molecule has 1 aliphatic heterocycles. The van der Waals surface area contributed by atoms with Gasteiger partial charge < -0.3 is 4.74 Å². The molecule has 1 aliphatic rings. The molecular formula is C19H19NO2. The molecule has 0 saturated carbocycles. The van der Waals surface area contributed by atoms with E-state index < -0.39 is 5.60 Å². The van der Waals surface area contributed by atoms with Gasteiger partial charge in [0.1, 0.15) is 0 Å². The monoisotopic (exact) mass is 293 g/mol. The first-order valence-electron chi connectivity index (χ1n) is 7.60. The molecule has 0 saturated heterocycles. The Morgan fingerprint density at radius 3 is 2.55 bits per heavy atom. The summed E-state index contributed by atoms with van der Waals surface area (Å²) in [4.78, 5) is 16.9. The van der Waals surface area contributed by atoms with Crippen LogP contribution < -0.4 is 0 Å². The Morgan fingerprint density at radius 2 is 1.86 bits per heavy atom. The fourth-order valence-corrected chi connectivity index (χ4v) is 2.85. The van der Waals surface area contributed by atoms with Crippen LogP contribution in [-0.2, 0) is 15.1 Å². The van der Waals surface area contributed by atoms with Crippen molar-refractivity contribution < 1.29 is 9.53 Å². The molecule has 0 radical (unpaired) electrons. The summed E-state index contributed by atoms with van der Waals surface area (Å²) < 4.78 is 6.13. The van der Waals surface area contributed by atoms with Crippen LogP contribution >= 0.6 is 0 Å². The highest BCUT2D eigenvalue weighted by molar-refractivity contribution is 6.09. The first kappa shape index (κ1) is 14.5. The number of benzene rings is 2. The Morgan fingerprint density at radius 1 is 1.09 bits per heavy atom. The Balaban J connectivity index is 2.02. The van der Waals surface area contributed by atoms with E-state index in [1.54, 1.807) is 0 Å². The SMILES string of the molecule is CCC[C@]1(c2cccc(C)c2)OC(c2ccccc2)=NC1=O. The average Bonchev–Trinajstić information content (AvgIpc) is 2.87. The van der Waals surface area contributed by atoms with Gasteiger partial charge in [-0.15, -0.1) is 0 Å². The fraction of sp³-hybridized carbons (Fsp3) is 0.263. The predicted octanol–water partition coefficient (Wildman–Crippen LogP) is 3.99. The highest BCUT2D eigenvalue weighted by Crippen LogP contribution is 2.38. The molecule has 2 aromatic carbocycles. The number of carbonyl (C=O) groups is 1. The van der Waals surface area contributed by atoms with E-state index in [1.807, 2.05) is 61.5 Å². The van der Waals surface area contributed by atoms with Crippen molar-refractivity contribution in [2.45, 2.75) is 32.3 Å². The lowest BCUT2D eigenvalue weighted by atomic mass is 9.88. The molecule has 1 heterocycles. The maximum atomic E-state index is 12.7. The number of carbonyl (C=O) groups excluding carboxylic acids is 1. The minimum atomic E-state index is -0.980. The van der Waals surface area contributed by atoms with E-state index in [0.717, 1.165) is 23.1 Å². The molecule has 0 N–H and O–H groups in total. The zero-order valence-electron chi connectivity index (χ0n) is 12.9. The van der Waals surface area contributed by atoms with Crippen LogP contribution in [0.1, 0.15) is 36.5 Å². The van der Waals surface area contributed by atoms with Crippen molar-refractivity contribution in [2.24, 2.45) is 4.99 Å². The molecule has 1 atom stereocenters. The third-order valence-electron chi connectivity index (χ3n) is 3.93. The van der Waals surface area contributed by atoms with Gasteiger partial charge in [-0.05, 0) is 19.1 Å². The minimum Gasteiger partial charge on any atom is -0.455 e. The maximum absolute atomic E-state index is 12.7. The van der Waals surface area contributed by atoms with Crippen molar-refractivity contribution in [1.29, 1.82) is 0 Å². The fourth-order valence-electron chi connectivity index (χ4n) is 2.85. The van der Waals surface area contributed by atoms with E-state index >= 15 is 0 Å². The smallest absolute Gasteiger partial charge is 0.297 e. The van der Waals surface area contributed by atoms with Gasteiger partial charge in [0.25, 0.3) is 5.91 Å². The lowest BCUT2D eigenvalue weighted by molar-refractivity contribution is -0.132. The summed E-state index contributed by atoms with van der Waals surface area (Å²) in [7, 11) is 0. The molecule has 0 aliphatic carbocycles. The summed E-state index contributed by atoms with van der Waals surface area (Å²) in [6, 6.07) is 17.5. The number of nitrogens with zero attached hydrogens (tertiary/aromatic N) is 1. The highest BCUT2D eigenvalue weighted by atomic mass is 16.5. The molecule has 3 heteroatoms. The second kappa shape index (κ2) is 5.76. The number of hydrogen-bond acceptors (Lipinski definition) is 2. The van der Waals surface area contributed by atoms with Gasteiger partial charge in [0.15, 0.2) is 0 Å². The standard InChI is InChI=1S/C19H19NO2/c1-3-12-19(16-11-7-8-14(2)13-16)18(21)20-17(22-19)15-9-5-4-6-10-15/h4-11,13H,3,12H2,1-2H3/t19-/m1/s1. The van der Waals surface area contributed by atoms with Crippen LogP contribution in [0.4, 0.5) is 0 Å². The van der Waals surface area contributed by atoms with Crippen molar-refractivity contribution in [3.05, 3.63) is 71.3 Å². The van der Waals surface area contributed by atoms with Crippen LogP contribution in [0, 0.1) is 6.92 Å². The Kier molecular flexibility index (Phi) is 3.80. The molecule has 3 rings (SSSR count). The summed E-state index contributed by atoms with van der Waals surface area (Å²) in [6.07, 6.45) is 1.46. The summed E-state index contributed by atoms with van der Waals surface area (Å²) in [6.45, 7) is 4.07. The molecule has 0 fully saturated rings. The Labute approximate surface area is 130 Å². The lowest BCUT2D eigenvalue weighted by Gasteiger charge is -2.27. The molecule has 0 aromatic heterocycles. The number of amides is 1. The first-order valence-corrected chi connectivity index (χ1v) is 7.60. The number of aliphatic imine (C=N–C) groups is 1. The Bertz CT molecular complexity index is 721. The minimum absolute atomic E-state index is 0.209. The molecule has 0 unspecified atom stereocenters. The van der Waals surface area contributed by atoms with Gasteiger partial charge in [0.05, 0.1) is 0 Å². The van der Waals surface area contributed by atoms with Crippen LogP contribution in [0.15, 0.2) is 59.6 Å². The third-order valence-corrected chi connectivity index (χ3v) is 3.93. The van der Waals surface area contributed by atoms with Gasteiger partial charge in [0.2, 0.25) is 11.5 Å². The van der Waals surface area contributed by atoms with E-state index in [0.29, 0.717) is 12.3 Å². The normalized spacial score (nSPS) is 20.6. The second-order valence-corrected chi connectivity index (χ2v) is 5.64. The van der Waals surface area contributed by atoms with Crippen molar-refractivity contribution in [1.82, 2.24) is 0 Å². The predicted molar refractivity (Wildman–Crippen MR) is 86.8 cm³/mol. The molecule has 0 spiro atoms. The third kappa shape index (κ3) is 2.43. The molecule has 112 valence electrons. The van der Waals surface area contributed by atoms with E-state index in [4.69, 9.17) is 4.74 Å². The maximum Gasteiger partial charge on any atom is 0.297 e. The van der Waals surface area contributed by atoms with Crippen LogP contribution in [0.25, 0.3) is 0 Å². The molecular weight excluding hydrogens is 274 g/mol. The Hall–Kier alpha value is -2.42. The number of hydrogen-bond donors (Lipinski definition) is 0. The van der Waals surface area contributed by atoms with Crippen LogP contribution in [0.5, 0.6) is 0 Å². The summed E-state index contributed by atoms with van der Waals surface area (Å²) in [5.74, 6) is 0.208. The molecule has 3 nitrogen and oxygen atoms in total. The van der Waals surface area contributed by atoms with E-state index in [1.165, 1.54) is 0 Å². The van der Waals surface area contributed by atoms with Crippen LogP contribution in [-0.4, -0.2) is 11.8 Å². The topological polar surface area (TPSA) is 38.7 Å². The first-order chi connectivity index (χ1) is 10.7. The van der Waals surface area contributed by atoms with Crippen LogP contribution in [0.3, 0.4) is 0 Å². The van der Waals surface area contributed by atoms with E-state index in [9.17, 15) is 4.79 Å². The number of rotatable bonds is 4. The lowest BCUT2D eigenvalue weighted by Crippen LogP contribution is -2.34. The van der Waals surface area contributed by atoms with Gasteiger partial charge >= 0.3 is 0 Å². The van der Waals surface area contributed by atoms with Gasteiger partial charge in [-0.3, -0.25) is 4.79 Å². The van der Waals surface area contributed by atoms with Crippen molar-refractivity contribution in [2.75, 3.05) is 0 Å². The number of ether oxygens (including phenoxy) is 1. The second-order valence-electron chi connectivity index (χ2n) is 5.64. The summed E-state index contributed by atoms with van der Waals surface area (Å²) >= 11 is 0. The van der Waals surface area contributed by atoms with Gasteiger partial charge in [-0.2, -0.15) is 4.99 Å². The zero-order chi connectivity index (χ0) is 15.6. The van der Waals surface area contributed by atoms with Crippen molar-refractivity contribution >= 4 is 11.8 Å². The highest BCUT2D eigenvalue weighted by Gasteiger charge is 2.47. The quantitative estimate of drug-likeness (QED) is 0.854. The molecule has 0 bridgehead atoms. The van der Waals surface area contributed by atoms with Crippen molar-refractivity contribution in [3.8, 4) is 0 Å². The molecule has 2 aromatic rings. The van der Waals surface area contributed by atoms with E-state index in [2.05, 4.69) is 11.9 Å². The van der Waals surface area contributed by atoms with Crippen LogP contribution in [0.2, 0.25) is 0 Å². The average molecular weight is 293 g/mol. The zero-order valence-corrected chi connectivity index (χ0v) is 12.9. The van der Waals surface area contributed by atoms with Gasteiger partial charge in [-0.25, -0.2) is 0 Å². The van der Waals surface area contributed by atoms with Gasteiger partial charge in [-0.1, -0.05) is 61.4 Å². The molecule has 1 amide bonds.